The molecule has 0 aromatic heterocycles. The Labute approximate surface area is 140 Å². The van der Waals surface area contributed by atoms with Gasteiger partial charge in [0.15, 0.2) is 11.6 Å². The third-order valence-electron chi connectivity index (χ3n) is 4.36. The molecular weight excluding hydrogens is 300 g/mol. The zero-order chi connectivity index (χ0) is 17.4. The molecule has 0 unspecified atom stereocenters. The molecule has 120 valence electrons. The summed E-state index contributed by atoms with van der Waals surface area (Å²) >= 11 is 0. The Kier molecular flexibility index (Phi) is 3.81. The van der Waals surface area contributed by atoms with Crippen molar-refractivity contribution < 1.29 is 9.59 Å². The highest BCUT2D eigenvalue weighted by Gasteiger charge is 2.35. The summed E-state index contributed by atoms with van der Waals surface area (Å²) in [6.45, 7) is 7.44. The van der Waals surface area contributed by atoms with Gasteiger partial charge in [0.2, 0.25) is 0 Å². The number of rotatable bonds is 4. The number of nitrogens with two attached hydrogens (primary N) is 2. The minimum Gasteiger partial charge on any atom is -0.398 e. The van der Waals surface area contributed by atoms with E-state index in [0.717, 1.165) is 0 Å². The molecule has 1 aliphatic rings. The molecule has 4 N–H and O–H groups in total. The van der Waals surface area contributed by atoms with E-state index in [-0.39, 0.29) is 22.8 Å². The fraction of sp³-hybridized carbons (Fsp3) is 0.100. The predicted molar refractivity (Wildman–Crippen MR) is 96.4 cm³/mol. The molecule has 4 nitrogen and oxygen atoms in total. The number of fused-ring (bicyclic) bond motifs is 2. The lowest BCUT2D eigenvalue weighted by Gasteiger charge is -2.25. The smallest absolute Gasteiger partial charge is 0.196 e. The average molecular weight is 318 g/mol. The molecule has 0 radical (unpaired) electrons. The molecule has 0 fully saturated rings. The number of benzene rings is 2. The van der Waals surface area contributed by atoms with Crippen molar-refractivity contribution in [1.82, 2.24) is 0 Å². The van der Waals surface area contributed by atoms with Crippen molar-refractivity contribution >= 4 is 22.9 Å². The standard InChI is InChI=1S/C20H18N2O2/c1-3-7-13-15-16(18(22)14(8-4-2)17(13)21)20(24)12-10-6-5-9-11(12)19(15)23/h3-6,9-10H,1-2,7-8,21-22H2. The van der Waals surface area contributed by atoms with Gasteiger partial charge in [-0.3, -0.25) is 9.59 Å². The van der Waals surface area contributed by atoms with E-state index in [0.29, 0.717) is 46.3 Å². The summed E-state index contributed by atoms with van der Waals surface area (Å²) in [5, 5.41) is 0. The first-order valence-corrected chi connectivity index (χ1v) is 7.65. The van der Waals surface area contributed by atoms with E-state index in [4.69, 9.17) is 11.5 Å². The van der Waals surface area contributed by atoms with Gasteiger partial charge in [-0.05, 0) is 18.4 Å². The Morgan fingerprint density at radius 2 is 1.29 bits per heavy atom. The van der Waals surface area contributed by atoms with Crippen LogP contribution in [0.2, 0.25) is 0 Å². The molecule has 0 bridgehead atoms. The topological polar surface area (TPSA) is 86.2 Å². The fourth-order valence-corrected chi connectivity index (χ4v) is 3.25. The molecule has 0 spiro atoms. The van der Waals surface area contributed by atoms with Gasteiger partial charge >= 0.3 is 0 Å². The SMILES string of the molecule is C=CCc1c(N)c(CC=C)c2c(c1N)C(=O)c1ccccc1C2=O. The van der Waals surface area contributed by atoms with Gasteiger partial charge < -0.3 is 11.5 Å². The van der Waals surface area contributed by atoms with Gasteiger partial charge in [0, 0.05) is 33.6 Å². The van der Waals surface area contributed by atoms with Crippen LogP contribution in [0.5, 0.6) is 0 Å². The van der Waals surface area contributed by atoms with Gasteiger partial charge in [0.1, 0.15) is 0 Å². The van der Waals surface area contributed by atoms with Crippen LogP contribution in [0.1, 0.15) is 43.0 Å². The number of carbonyl (C=O) groups excluding carboxylic acids is 2. The maximum Gasteiger partial charge on any atom is 0.196 e. The number of hydrogen-bond acceptors (Lipinski definition) is 4. The lowest BCUT2D eigenvalue weighted by atomic mass is 9.78. The minimum absolute atomic E-state index is 0.222. The minimum atomic E-state index is -0.242. The Balaban J connectivity index is 2.42. The van der Waals surface area contributed by atoms with Crippen molar-refractivity contribution in [3.8, 4) is 0 Å². The van der Waals surface area contributed by atoms with Crippen LogP contribution in [0.4, 0.5) is 11.4 Å². The van der Waals surface area contributed by atoms with Crippen molar-refractivity contribution in [2.45, 2.75) is 12.8 Å². The van der Waals surface area contributed by atoms with E-state index in [1.807, 2.05) is 0 Å². The Hall–Kier alpha value is -3.14. The summed E-state index contributed by atoms with van der Waals surface area (Å²) in [7, 11) is 0. The van der Waals surface area contributed by atoms with Crippen LogP contribution in [-0.2, 0) is 12.8 Å². The zero-order valence-corrected chi connectivity index (χ0v) is 13.3. The maximum atomic E-state index is 13.0. The summed E-state index contributed by atoms with van der Waals surface area (Å²) in [6, 6.07) is 6.77. The Morgan fingerprint density at radius 1 is 0.792 bits per heavy atom. The van der Waals surface area contributed by atoms with Crippen LogP contribution in [0.3, 0.4) is 0 Å². The maximum absolute atomic E-state index is 13.0. The van der Waals surface area contributed by atoms with Crippen LogP contribution < -0.4 is 11.5 Å². The first-order valence-electron chi connectivity index (χ1n) is 7.65. The second kappa shape index (κ2) is 5.81. The van der Waals surface area contributed by atoms with Crippen LogP contribution in [-0.4, -0.2) is 11.6 Å². The molecule has 0 saturated carbocycles. The molecule has 3 rings (SSSR count). The molecule has 4 heteroatoms. The molecule has 2 aromatic carbocycles. The second-order valence-electron chi connectivity index (χ2n) is 5.72. The van der Waals surface area contributed by atoms with E-state index >= 15 is 0 Å². The first kappa shape index (κ1) is 15.7. The van der Waals surface area contributed by atoms with Crippen molar-refractivity contribution in [2.24, 2.45) is 0 Å². The molecule has 0 heterocycles. The molecule has 0 amide bonds. The van der Waals surface area contributed by atoms with E-state index in [9.17, 15) is 9.59 Å². The quantitative estimate of drug-likeness (QED) is 0.572. The van der Waals surface area contributed by atoms with Crippen molar-refractivity contribution in [3.63, 3.8) is 0 Å². The lowest BCUT2D eigenvalue weighted by Crippen LogP contribution is -2.26. The fourth-order valence-electron chi connectivity index (χ4n) is 3.25. The van der Waals surface area contributed by atoms with Crippen LogP contribution in [0.25, 0.3) is 0 Å². The van der Waals surface area contributed by atoms with E-state index in [1.165, 1.54) is 0 Å². The van der Waals surface area contributed by atoms with Gasteiger partial charge in [-0.1, -0.05) is 36.4 Å². The summed E-state index contributed by atoms with van der Waals surface area (Å²) in [4.78, 5) is 26.0. The molecule has 2 aromatic rings. The highest BCUT2D eigenvalue weighted by atomic mass is 16.1. The van der Waals surface area contributed by atoms with Gasteiger partial charge in [-0.25, -0.2) is 0 Å². The van der Waals surface area contributed by atoms with Gasteiger partial charge in [-0.15, -0.1) is 13.2 Å². The largest absolute Gasteiger partial charge is 0.398 e. The van der Waals surface area contributed by atoms with E-state index < -0.39 is 0 Å². The monoisotopic (exact) mass is 318 g/mol. The summed E-state index contributed by atoms with van der Waals surface area (Å²) < 4.78 is 0. The second-order valence-corrected chi connectivity index (χ2v) is 5.72. The normalized spacial score (nSPS) is 12.5. The van der Waals surface area contributed by atoms with Crippen LogP contribution >= 0.6 is 0 Å². The average Bonchev–Trinajstić information content (AvgIpc) is 2.59. The van der Waals surface area contributed by atoms with Gasteiger partial charge in [0.25, 0.3) is 0 Å². The van der Waals surface area contributed by atoms with Gasteiger partial charge in [0.05, 0.1) is 5.56 Å². The number of nitrogen functional groups attached to an aromatic ring is 2. The Bertz CT molecular complexity index is 910. The van der Waals surface area contributed by atoms with E-state index in [2.05, 4.69) is 13.2 Å². The predicted octanol–water partition coefficient (Wildman–Crippen LogP) is 3.08. The number of hydrogen-bond donors (Lipinski definition) is 2. The number of ketones is 2. The van der Waals surface area contributed by atoms with E-state index in [1.54, 1.807) is 36.4 Å². The highest BCUT2D eigenvalue weighted by molar-refractivity contribution is 6.31. The highest BCUT2D eigenvalue weighted by Crippen LogP contribution is 2.39. The first-order chi connectivity index (χ1) is 11.5. The van der Waals surface area contributed by atoms with Crippen molar-refractivity contribution in [2.75, 3.05) is 11.5 Å². The van der Waals surface area contributed by atoms with Crippen LogP contribution in [0.15, 0.2) is 49.6 Å². The molecule has 0 saturated heterocycles. The van der Waals surface area contributed by atoms with Crippen LogP contribution in [0, 0.1) is 0 Å². The number of carbonyl (C=O) groups is 2. The summed E-state index contributed by atoms with van der Waals surface area (Å²) in [5.74, 6) is -0.464. The Morgan fingerprint density at radius 3 is 1.83 bits per heavy atom. The summed E-state index contributed by atoms with van der Waals surface area (Å²) in [6.07, 6.45) is 4.16. The zero-order valence-electron chi connectivity index (χ0n) is 13.3. The molecular formula is C20H18N2O2. The molecule has 1 aliphatic carbocycles. The summed E-state index contributed by atoms with van der Waals surface area (Å²) in [5.41, 5.74) is 15.8. The van der Waals surface area contributed by atoms with Gasteiger partial charge in [-0.2, -0.15) is 0 Å². The van der Waals surface area contributed by atoms with Crippen molar-refractivity contribution in [1.29, 1.82) is 0 Å². The third-order valence-corrected chi connectivity index (χ3v) is 4.36. The van der Waals surface area contributed by atoms with Crippen molar-refractivity contribution in [3.05, 3.63) is 83.0 Å². The number of allylic oxidation sites excluding steroid dienone is 2. The third kappa shape index (κ3) is 2.07. The molecule has 0 aliphatic heterocycles. The molecule has 24 heavy (non-hydrogen) atoms. The lowest BCUT2D eigenvalue weighted by molar-refractivity contribution is 0.0979. The molecule has 0 atom stereocenters. The number of anilines is 2.